The summed E-state index contributed by atoms with van der Waals surface area (Å²) >= 11 is 0. The van der Waals surface area contributed by atoms with E-state index < -0.39 is 5.41 Å². The van der Waals surface area contributed by atoms with Gasteiger partial charge in [-0.1, -0.05) is 0 Å². The Bertz CT molecular complexity index is 928. The number of hydrogen-bond acceptors (Lipinski definition) is 6. The van der Waals surface area contributed by atoms with E-state index in [0.29, 0.717) is 23.7 Å². The van der Waals surface area contributed by atoms with Crippen molar-refractivity contribution < 1.29 is 24.2 Å². The van der Waals surface area contributed by atoms with E-state index in [2.05, 4.69) is 10.3 Å². The van der Waals surface area contributed by atoms with Gasteiger partial charge in [-0.2, -0.15) is 0 Å². The maximum Gasteiger partial charge on any atom is 0.313 e. The third-order valence-electron chi connectivity index (χ3n) is 5.32. The van der Waals surface area contributed by atoms with Gasteiger partial charge in [0.2, 0.25) is 0 Å². The predicted molar refractivity (Wildman–Crippen MR) is 95.7 cm³/mol. The number of aromatic hydroxyl groups is 1. The second-order valence-electron chi connectivity index (χ2n) is 6.83. The van der Waals surface area contributed by atoms with Crippen molar-refractivity contribution in [2.75, 3.05) is 13.7 Å². The summed E-state index contributed by atoms with van der Waals surface area (Å²) in [4.78, 5) is 27.9. The molecule has 2 aliphatic rings. The molecule has 2 aromatic rings. The van der Waals surface area contributed by atoms with Gasteiger partial charge in [-0.3, -0.25) is 14.6 Å². The average molecular weight is 368 g/mol. The van der Waals surface area contributed by atoms with Gasteiger partial charge in [0.05, 0.1) is 12.0 Å². The van der Waals surface area contributed by atoms with Gasteiger partial charge in [-0.15, -0.1) is 0 Å². The first kappa shape index (κ1) is 17.3. The lowest BCUT2D eigenvalue weighted by Gasteiger charge is -2.14. The van der Waals surface area contributed by atoms with Gasteiger partial charge < -0.3 is 19.9 Å². The molecule has 7 nitrogen and oxygen atoms in total. The molecule has 0 spiro atoms. The molecule has 2 aliphatic carbocycles. The number of hydrogen-bond donors (Lipinski definition) is 2. The number of aromatic nitrogens is 1. The van der Waals surface area contributed by atoms with Crippen molar-refractivity contribution in [2.45, 2.75) is 19.3 Å². The number of nitrogens with one attached hydrogen (secondary N) is 1. The van der Waals surface area contributed by atoms with Crippen LogP contribution in [0.2, 0.25) is 0 Å². The van der Waals surface area contributed by atoms with Crippen molar-refractivity contribution in [3.8, 4) is 17.2 Å². The fraction of sp³-hybridized carbons (Fsp3) is 0.350. The van der Waals surface area contributed by atoms with Crippen LogP contribution in [-0.4, -0.2) is 35.6 Å². The topological polar surface area (TPSA) is 97.8 Å². The van der Waals surface area contributed by atoms with Crippen LogP contribution in [0.4, 0.5) is 0 Å². The van der Waals surface area contributed by atoms with Crippen molar-refractivity contribution in [1.82, 2.24) is 10.3 Å². The zero-order valence-corrected chi connectivity index (χ0v) is 15.1. The lowest BCUT2D eigenvalue weighted by molar-refractivity contribution is -0.147. The molecular weight excluding hydrogens is 348 g/mol. The molecule has 2 N–H and O–H groups in total. The number of phenols is 1. The molecule has 0 unspecified atom stereocenters. The van der Waals surface area contributed by atoms with Crippen molar-refractivity contribution in [3.05, 3.63) is 47.8 Å². The SMILES string of the molecule is CCOC(=O)[C@@]12C[C@H]1[C@H]2c1cc(Oc2ccnc(C(=O)NC)c2)ccc1O. The van der Waals surface area contributed by atoms with Crippen molar-refractivity contribution in [1.29, 1.82) is 0 Å². The molecule has 2 saturated carbocycles. The number of benzene rings is 1. The van der Waals surface area contributed by atoms with Crippen LogP contribution in [0.5, 0.6) is 17.2 Å². The fourth-order valence-corrected chi connectivity index (χ4v) is 3.74. The summed E-state index contributed by atoms with van der Waals surface area (Å²) < 4.78 is 11.0. The second-order valence-corrected chi connectivity index (χ2v) is 6.83. The van der Waals surface area contributed by atoms with Crippen LogP contribution in [0.3, 0.4) is 0 Å². The maximum atomic E-state index is 12.2. The number of amides is 1. The number of ether oxygens (including phenoxy) is 2. The van der Waals surface area contributed by atoms with Gasteiger partial charge in [0.1, 0.15) is 22.9 Å². The highest BCUT2D eigenvalue weighted by molar-refractivity contribution is 5.92. The molecule has 7 heteroatoms. The molecule has 2 fully saturated rings. The number of rotatable bonds is 6. The number of carbonyl (C=O) groups excluding carboxylic acids is 2. The van der Waals surface area contributed by atoms with E-state index in [1.807, 2.05) is 0 Å². The molecule has 1 heterocycles. The molecule has 0 radical (unpaired) electrons. The predicted octanol–water partition coefficient (Wildman–Crippen LogP) is 2.61. The lowest BCUT2D eigenvalue weighted by atomic mass is 9.96. The molecular formula is C20H20N2O5. The molecule has 0 bridgehead atoms. The minimum Gasteiger partial charge on any atom is -0.508 e. The summed E-state index contributed by atoms with van der Waals surface area (Å²) in [5.74, 6) is 0.835. The Kier molecular flexibility index (Phi) is 4.02. The zero-order valence-electron chi connectivity index (χ0n) is 15.1. The van der Waals surface area contributed by atoms with E-state index in [1.54, 1.807) is 37.3 Å². The Morgan fingerprint density at radius 3 is 2.78 bits per heavy atom. The fourth-order valence-electron chi connectivity index (χ4n) is 3.74. The van der Waals surface area contributed by atoms with Gasteiger partial charge >= 0.3 is 5.97 Å². The van der Waals surface area contributed by atoms with Crippen molar-refractivity contribution in [2.24, 2.45) is 11.3 Å². The van der Waals surface area contributed by atoms with E-state index in [0.717, 1.165) is 6.42 Å². The average Bonchev–Trinajstić information content (AvgIpc) is 3.54. The van der Waals surface area contributed by atoms with E-state index in [1.165, 1.54) is 13.2 Å². The Morgan fingerprint density at radius 2 is 2.07 bits per heavy atom. The normalized spacial score (nSPS) is 24.5. The molecule has 1 aromatic carbocycles. The molecule has 1 amide bonds. The Morgan fingerprint density at radius 1 is 1.30 bits per heavy atom. The first-order valence-corrected chi connectivity index (χ1v) is 8.87. The largest absolute Gasteiger partial charge is 0.508 e. The quantitative estimate of drug-likeness (QED) is 0.761. The van der Waals surface area contributed by atoms with E-state index in [4.69, 9.17) is 9.47 Å². The van der Waals surface area contributed by atoms with E-state index >= 15 is 0 Å². The number of esters is 1. The van der Waals surface area contributed by atoms with Crippen molar-refractivity contribution in [3.63, 3.8) is 0 Å². The van der Waals surface area contributed by atoms with Crippen molar-refractivity contribution >= 4 is 11.9 Å². The summed E-state index contributed by atoms with van der Waals surface area (Å²) in [6.07, 6.45) is 2.30. The van der Waals surface area contributed by atoms with Crippen LogP contribution in [0.1, 0.15) is 35.3 Å². The summed E-state index contributed by atoms with van der Waals surface area (Å²) in [7, 11) is 1.53. The summed E-state index contributed by atoms with van der Waals surface area (Å²) in [6, 6.07) is 8.13. The van der Waals surface area contributed by atoms with Crippen LogP contribution < -0.4 is 10.1 Å². The summed E-state index contributed by atoms with van der Waals surface area (Å²) in [5.41, 5.74) is 0.478. The summed E-state index contributed by atoms with van der Waals surface area (Å²) in [6.45, 7) is 2.14. The number of phenolic OH excluding ortho intramolecular Hbond substituents is 1. The third-order valence-corrected chi connectivity index (χ3v) is 5.32. The van der Waals surface area contributed by atoms with Crippen LogP contribution in [0.15, 0.2) is 36.5 Å². The minimum atomic E-state index is -0.463. The Balaban J connectivity index is 1.55. The number of nitrogens with zero attached hydrogens (tertiary/aromatic N) is 1. The van der Waals surface area contributed by atoms with Gasteiger partial charge in [-0.25, -0.2) is 0 Å². The van der Waals surface area contributed by atoms with Gasteiger partial charge in [0.25, 0.3) is 5.91 Å². The highest BCUT2D eigenvalue weighted by atomic mass is 16.5. The molecule has 140 valence electrons. The van der Waals surface area contributed by atoms with Crippen LogP contribution in [-0.2, 0) is 9.53 Å². The van der Waals surface area contributed by atoms with E-state index in [9.17, 15) is 14.7 Å². The molecule has 1 aromatic heterocycles. The van der Waals surface area contributed by atoms with Crippen LogP contribution >= 0.6 is 0 Å². The number of pyridine rings is 1. The van der Waals surface area contributed by atoms with E-state index in [-0.39, 0.29) is 35.2 Å². The lowest BCUT2D eigenvalue weighted by Crippen LogP contribution is -2.18. The third kappa shape index (κ3) is 2.79. The number of fused-ring (bicyclic) bond motifs is 1. The molecule has 3 atom stereocenters. The second kappa shape index (κ2) is 6.26. The molecule has 27 heavy (non-hydrogen) atoms. The number of carbonyl (C=O) groups is 2. The molecule has 0 saturated heterocycles. The molecule has 4 rings (SSSR count). The first-order valence-electron chi connectivity index (χ1n) is 8.87. The van der Waals surface area contributed by atoms with Crippen LogP contribution in [0, 0.1) is 11.3 Å². The highest BCUT2D eigenvalue weighted by Crippen LogP contribution is 2.85. The molecule has 0 aliphatic heterocycles. The van der Waals surface area contributed by atoms with Gasteiger partial charge in [-0.05, 0) is 43.5 Å². The maximum absolute atomic E-state index is 12.2. The smallest absolute Gasteiger partial charge is 0.313 e. The van der Waals surface area contributed by atoms with Crippen LogP contribution in [0.25, 0.3) is 0 Å². The Hall–Kier alpha value is -3.09. The summed E-state index contributed by atoms with van der Waals surface area (Å²) in [5, 5.41) is 12.8. The standard InChI is InChI=1S/C20H20N2O5/c1-3-26-19(25)20-10-14(20)17(20)13-8-11(4-5-16(13)23)27-12-6-7-22-15(9-12)18(24)21-2/h4-9,14,17,23H,3,10H2,1-2H3,(H,21,24)/t14-,17+,20-/m0/s1. The Labute approximate surface area is 156 Å². The van der Waals surface area contributed by atoms with Gasteiger partial charge in [0, 0.05) is 30.8 Å². The monoisotopic (exact) mass is 368 g/mol. The highest BCUT2D eigenvalue weighted by Gasteiger charge is 2.84. The minimum absolute atomic E-state index is 0.0287. The van der Waals surface area contributed by atoms with Gasteiger partial charge in [0.15, 0.2) is 0 Å². The first-order chi connectivity index (χ1) is 13.0. The zero-order chi connectivity index (χ0) is 19.2.